The SMILES string of the molecule is CC(=O)N(CCc1ccc(Cl)cc1)CC(=O)N1c2ccccc2CC1C. The molecule has 0 saturated heterocycles. The second-order valence-electron chi connectivity index (χ2n) is 6.76. The molecule has 3 rings (SSSR count). The van der Waals surface area contributed by atoms with Crippen LogP contribution in [0.3, 0.4) is 0 Å². The highest BCUT2D eigenvalue weighted by Crippen LogP contribution is 2.31. The molecule has 0 aliphatic carbocycles. The molecule has 4 nitrogen and oxygen atoms in total. The van der Waals surface area contributed by atoms with Crippen molar-refractivity contribution in [3.8, 4) is 0 Å². The number of carbonyl (C=O) groups excluding carboxylic acids is 2. The summed E-state index contributed by atoms with van der Waals surface area (Å²) >= 11 is 5.91. The standard InChI is InChI=1S/C21H23ClN2O2/c1-15-13-18-5-3-4-6-20(18)24(15)21(26)14-23(16(2)25)12-11-17-7-9-19(22)10-8-17/h3-10,15H,11-14H2,1-2H3. The summed E-state index contributed by atoms with van der Waals surface area (Å²) in [5, 5.41) is 0.689. The Bertz CT molecular complexity index is 804. The molecule has 2 aromatic rings. The van der Waals surface area contributed by atoms with Gasteiger partial charge in [-0.15, -0.1) is 0 Å². The number of hydrogen-bond donors (Lipinski definition) is 0. The van der Waals surface area contributed by atoms with Crippen LogP contribution in [0.25, 0.3) is 0 Å². The number of para-hydroxylation sites is 1. The van der Waals surface area contributed by atoms with Crippen LogP contribution in [0.5, 0.6) is 0 Å². The van der Waals surface area contributed by atoms with Crippen molar-refractivity contribution < 1.29 is 9.59 Å². The molecular formula is C21H23ClN2O2. The molecule has 5 heteroatoms. The minimum Gasteiger partial charge on any atom is -0.333 e. The van der Waals surface area contributed by atoms with Crippen LogP contribution < -0.4 is 4.90 Å². The zero-order valence-corrected chi connectivity index (χ0v) is 15.9. The summed E-state index contributed by atoms with van der Waals surface area (Å²) in [6.07, 6.45) is 1.54. The molecule has 1 aliphatic heterocycles. The number of nitrogens with zero attached hydrogens (tertiary/aromatic N) is 2. The molecule has 1 heterocycles. The van der Waals surface area contributed by atoms with Crippen LogP contribution in [0.4, 0.5) is 5.69 Å². The fraction of sp³-hybridized carbons (Fsp3) is 0.333. The highest BCUT2D eigenvalue weighted by atomic mass is 35.5. The molecule has 0 spiro atoms. The van der Waals surface area contributed by atoms with Gasteiger partial charge in [-0.25, -0.2) is 0 Å². The Hall–Kier alpha value is -2.33. The molecule has 136 valence electrons. The maximum atomic E-state index is 12.9. The van der Waals surface area contributed by atoms with Crippen molar-refractivity contribution in [2.24, 2.45) is 0 Å². The summed E-state index contributed by atoms with van der Waals surface area (Å²) in [7, 11) is 0. The summed E-state index contributed by atoms with van der Waals surface area (Å²) in [6, 6.07) is 15.7. The van der Waals surface area contributed by atoms with Crippen molar-refractivity contribution >= 4 is 29.1 Å². The third-order valence-electron chi connectivity index (χ3n) is 4.83. The van der Waals surface area contributed by atoms with E-state index in [9.17, 15) is 9.59 Å². The predicted molar refractivity (Wildman–Crippen MR) is 105 cm³/mol. The van der Waals surface area contributed by atoms with E-state index >= 15 is 0 Å². The van der Waals surface area contributed by atoms with Gasteiger partial charge in [0.2, 0.25) is 11.8 Å². The van der Waals surface area contributed by atoms with E-state index in [4.69, 9.17) is 11.6 Å². The van der Waals surface area contributed by atoms with Crippen molar-refractivity contribution in [1.82, 2.24) is 4.90 Å². The number of hydrogen-bond acceptors (Lipinski definition) is 2. The second kappa shape index (κ2) is 7.92. The molecule has 0 bridgehead atoms. The van der Waals surface area contributed by atoms with E-state index in [1.165, 1.54) is 12.5 Å². The van der Waals surface area contributed by atoms with Gasteiger partial charge in [0.25, 0.3) is 0 Å². The van der Waals surface area contributed by atoms with Crippen LogP contribution >= 0.6 is 11.6 Å². The first-order chi connectivity index (χ1) is 12.5. The first kappa shape index (κ1) is 18.5. The average Bonchev–Trinajstić information content (AvgIpc) is 2.95. The van der Waals surface area contributed by atoms with Crippen LogP contribution in [-0.4, -0.2) is 35.8 Å². The van der Waals surface area contributed by atoms with Gasteiger partial charge in [0.1, 0.15) is 6.54 Å². The zero-order valence-electron chi connectivity index (χ0n) is 15.1. The molecule has 0 radical (unpaired) electrons. The summed E-state index contributed by atoms with van der Waals surface area (Å²) in [5.74, 6) is -0.124. The molecule has 2 aromatic carbocycles. The van der Waals surface area contributed by atoms with Gasteiger partial charge < -0.3 is 9.80 Å². The second-order valence-corrected chi connectivity index (χ2v) is 7.20. The molecule has 0 N–H and O–H groups in total. The van der Waals surface area contributed by atoms with E-state index in [0.717, 1.165) is 17.7 Å². The molecule has 0 fully saturated rings. The molecule has 1 unspecified atom stereocenters. The zero-order chi connectivity index (χ0) is 18.7. The monoisotopic (exact) mass is 370 g/mol. The quantitative estimate of drug-likeness (QED) is 0.805. The first-order valence-electron chi connectivity index (χ1n) is 8.85. The number of anilines is 1. The smallest absolute Gasteiger partial charge is 0.246 e. The minimum absolute atomic E-state index is 0.0336. The predicted octanol–water partition coefficient (Wildman–Crippen LogP) is 3.71. The molecule has 0 saturated carbocycles. The van der Waals surface area contributed by atoms with Crippen LogP contribution in [-0.2, 0) is 22.4 Å². The van der Waals surface area contributed by atoms with Crippen LogP contribution in [0, 0.1) is 0 Å². The number of carbonyl (C=O) groups is 2. The maximum absolute atomic E-state index is 12.9. The van der Waals surface area contributed by atoms with E-state index in [1.807, 2.05) is 54.3 Å². The van der Waals surface area contributed by atoms with Crippen LogP contribution in [0.15, 0.2) is 48.5 Å². The van der Waals surface area contributed by atoms with Gasteiger partial charge in [-0.1, -0.05) is 41.9 Å². The van der Waals surface area contributed by atoms with E-state index < -0.39 is 0 Å². The molecule has 2 amide bonds. The van der Waals surface area contributed by atoms with E-state index in [1.54, 1.807) is 4.90 Å². The number of benzene rings is 2. The summed E-state index contributed by atoms with van der Waals surface area (Å²) in [5.41, 5.74) is 3.24. The molecule has 1 atom stereocenters. The van der Waals surface area contributed by atoms with Crippen LogP contribution in [0.2, 0.25) is 5.02 Å². The number of fused-ring (bicyclic) bond motifs is 1. The Morgan fingerprint density at radius 2 is 1.85 bits per heavy atom. The Morgan fingerprint density at radius 3 is 2.54 bits per heavy atom. The third-order valence-corrected chi connectivity index (χ3v) is 5.08. The fourth-order valence-electron chi connectivity index (χ4n) is 3.45. The van der Waals surface area contributed by atoms with Gasteiger partial charge in [0.05, 0.1) is 0 Å². The molecular weight excluding hydrogens is 348 g/mol. The third kappa shape index (κ3) is 4.07. The maximum Gasteiger partial charge on any atom is 0.246 e. The Labute approximate surface area is 159 Å². The van der Waals surface area contributed by atoms with Gasteiger partial charge in [0.15, 0.2) is 0 Å². The van der Waals surface area contributed by atoms with Crippen molar-refractivity contribution in [3.05, 3.63) is 64.7 Å². The van der Waals surface area contributed by atoms with E-state index in [2.05, 4.69) is 6.07 Å². The Kier molecular flexibility index (Phi) is 5.62. The minimum atomic E-state index is -0.0903. The normalized spacial score (nSPS) is 15.7. The number of halogens is 1. The Balaban J connectivity index is 1.67. The van der Waals surface area contributed by atoms with Crippen molar-refractivity contribution in [3.63, 3.8) is 0 Å². The first-order valence-corrected chi connectivity index (χ1v) is 9.23. The largest absolute Gasteiger partial charge is 0.333 e. The highest BCUT2D eigenvalue weighted by molar-refractivity contribution is 6.30. The lowest BCUT2D eigenvalue weighted by molar-refractivity contribution is -0.133. The van der Waals surface area contributed by atoms with Gasteiger partial charge in [0, 0.05) is 30.2 Å². The summed E-state index contributed by atoms with van der Waals surface area (Å²) in [4.78, 5) is 28.4. The average molecular weight is 371 g/mol. The van der Waals surface area contributed by atoms with Crippen LogP contribution in [0.1, 0.15) is 25.0 Å². The summed E-state index contributed by atoms with van der Waals surface area (Å²) in [6.45, 7) is 4.16. The summed E-state index contributed by atoms with van der Waals surface area (Å²) < 4.78 is 0. The van der Waals surface area contributed by atoms with Crippen molar-refractivity contribution in [2.45, 2.75) is 32.7 Å². The number of rotatable bonds is 5. The highest BCUT2D eigenvalue weighted by Gasteiger charge is 2.31. The van der Waals surface area contributed by atoms with Gasteiger partial charge in [-0.3, -0.25) is 9.59 Å². The van der Waals surface area contributed by atoms with Crippen molar-refractivity contribution in [1.29, 1.82) is 0 Å². The van der Waals surface area contributed by atoms with Gasteiger partial charge >= 0.3 is 0 Å². The Morgan fingerprint density at radius 1 is 1.15 bits per heavy atom. The molecule has 0 aromatic heterocycles. The topological polar surface area (TPSA) is 40.6 Å². The lowest BCUT2D eigenvalue weighted by Crippen LogP contribution is -2.45. The molecule has 26 heavy (non-hydrogen) atoms. The molecule has 1 aliphatic rings. The number of amides is 2. The van der Waals surface area contributed by atoms with E-state index in [0.29, 0.717) is 18.0 Å². The van der Waals surface area contributed by atoms with Crippen molar-refractivity contribution in [2.75, 3.05) is 18.0 Å². The fourth-order valence-corrected chi connectivity index (χ4v) is 3.57. The van der Waals surface area contributed by atoms with E-state index in [-0.39, 0.29) is 24.4 Å². The lowest BCUT2D eigenvalue weighted by atomic mass is 10.1. The van der Waals surface area contributed by atoms with Gasteiger partial charge in [-0.2, -0.15) is 0 Å². The van der Waals surface area contributed by atoms with Gasteiger partial charge in [-0.05, 0) is 49.1 Å². The lowest BCUT2D eigenvalue weighted by Gasteiger charge is -2.27.